The van der Waals surface area contributed by atoms with Crippen LogP contribution in [0.4, 0.5) is 5.69 Å². The number of nitrogens with zero attached hydrogens (tertiary/aromatic N) is 3. The molecule has 0 heterocycles. The zero-order valence-corrected chi connectivity index (χ0v) is 27.0. The van der Waals surface area contributed by atoms with Crippen molar-refractivity contribution in [2.45, 2.75) is 50.8 Å². The first-order valence-corrected chi connectivity index (χ1v) is 17.1. The van der Waals surface area contributed by atoms with Gasteiger partial charge in [0.1, 0.15) is 10.7 Å². The van der Waals surface area contributed by atoms with Gasteiger partial charge in [0.15, 0.2) is 0 Å². The van der Waals surface area contributed by atoms with Crippen LogP contribution in [0.1, 0.15) is 41.0 Å². The molecule has 0 bridgehead atoms. The molecule has 15 nitrogen and oxygen atoms in total. The molecular formula is C26H35N5O10S3. The van der Waals surface area contributed by atoms with Crippen LogP contribution >= 0.6 is 0 Å². The van der Waals surface area contributed by atoms with Crippen LogP contribution in [0, 0.1) is 5.41 Å². The summed E-state index contributed by atoms with van der Waals surface area (Å²) in [5, 5.41) is 20.4. The highest BCUT2D eigenvalue weighted by atomic mass is 32.2. The van der Waals surface area contributed by atoms with Gasteiger partial charge in [-0.15, -0.1) is 0 Å². The fourth-order valence-electron chi connectivity index (χ4n) is 3.05. The van der Waals surface area contributed by atoms with Crippen molar-refractivity contribution in [3.63, 3.8) is 0 Å². The molecule has 0 fully saturated rings. The summed E-state index contributed by atoms with van der Waals surface area (Å²) >= 11 is 0. The monoisotopic (exact) mass is 673 g/mol. The van der Waals surface area contributed by atoms with Crippen molar-refractivity contribution in [1.82, 2.24) is 0 Å². The molecule has 1 aromatic rings. The normalized spacial score (nSPS) is 14.9. The Morgan fingerprint density at radius 3 is 2.11 bits per heavy atom. The van der Waals surface area contributed by atoms with E-state index in [-0.39, 0.29) is 30.2 Å². The first-order chi connectivity index (χ1) is 20.3. The second-order valence-electron chi connectivity index (χ2n) is 9.01. The van der Waals surface area contributed by atoms with Gasteiger partial charge in [0.2, 0.25) is 0 Å². The van der Waals surface area contributed by atoms with E-state index in [2.05, 4.69) is 20.7 Å². The molecular weight excluding hydrogens is 639 g/mol. The molecule has 0 saturated carbocycles. The molecule has 0 spiro atoms. The number of ether oxygens (including phenoxy) is 1. The van der Waals surface area contributed by atoms with Crippen LogP contribution in [0.25, 0.3) is 0 Å². The number of benzene rings is 1. The summed E-state index contributed by atoms with van der Waals surface area (Å²) in [5.41, 5.74) is 4.46. The molecule has 1 aromatic carbocycles. The molecule has 1 rings (SSSR count). The highest BCUT2D eigenvalue weighted by Gasteiger charge is 2.20. The van der Waals surface area contributed by atoms with Gasteiger partial charge in [-0.25, -0.2) is 0 Å². The molecule has 0 saturated heterocycles. The molecule has 0 aromatic heterocycles. The minimum Gasteiger partial charge on any atom is -0.492 e. The van der Waals surface area contributed by atoms with Gasteiger partial charge in [-0.2, -0.15) is 40.6 Å². The molecule has 0 aliphatic rings. The Bertz CT molecular complexity index is 1770. The van der Waals surface area contributed by atoms with Crippen LogP contribution in [0.3, 0.4) is 0 Å². The number of allylic oxidation sites excluding steroid dienone is 7. The Hall–Kier alpha value is -3.81. The van der Waals surface area contributed by atoms with Crippen molar-refractivity contribution in [3.05, 3.63) is 65.0 Å². The minimum atomic E-state index is -4.87. The summed E-state index contributed by atoms with van der Waals surface area (Å²) in [6, 6.07) is 2.53. The van der Waals surface area contributed by atoms with E-state index >= 15 is 0 Å². The van der Waals surface area contributed by atoms with E-state index in [0.717, 1.165) is 17.7 Å². The second kappa shape index (κ2) is 16.9. The van der Waals surface area contributed by atoms with E-state index in [4.69, 9.17) is 19.3 Å². The lowest BCUT2D eigenvalue weighted by molar-refractivity contribution is 0.230. The van der Waals surface area contributed by atoms with E-state index < -0.39 is 45.9 Å². The third kappa shape index (κ3) is 14.1. The van der Waals surface area contributed by atoms with Crippen molar-refractivity contribution in [1.29, 1.82) is 5.41 Å². The average Bonchev–Trinajstić information content (AvgIpc) is 2.90. The average molecular weight is 674 g/mol. The lowest BCUT2D eigenvalue weighted by Crippen LogP contribution is -2.09. The molecule has 0 aliphatic heterocycles. The lowest BCUT2D eigenvalue weighted by atomic mass is 10.1. The van der Waals surface area contributed by atoms with E-state index in [1.165, 1.54) is 18.5 Å². The van der Waals surface area contributed by atoms with E-state index in [0.29, 0.717) is 22.9 Å². The van der Waals surface area contributed by atoms with Gasteiger partial charge in [0.25, 0.3) is 30.4 Å². The SMILES string of the molecule is C/C=C(/C)C(C=C(C)C=NNc1ccc(S(=O)(=O)O)cc1S(=O)(=O)O)=NN=CC(C)=CC(=N)/C(=C\C)OCCCS(=O)(=O)O. The van der Waals surface area contributed by atoms with Gasteiger partial charge < -0.3 is 4.74 Å². The molecule has 242 valence electrons. The molecule has 0 aliphatic carbocycles. The summed E-state index contributed by atoms with van der Waals surface area (Å²) in [5.74, 6) is -0.240. The number of rotatable bonds is 16. The maximum atomic E-state index is 11.7. The highest BCUT2D eigenvalue weighted by molar-refractivity contribution is 7.86. The second-order valence-corrected chi connectivity index (χ2v) is 13.4. The third-order valence-electron chi connectivity index (χ3n) is 5.31. The molecule has 18 heteroatoms. The summed E-state index contributed by atoms with van der Waals surface area (Å²) in [7, 11) is -13.7. The lowest BCUT2D eigenvalue weighted by Gasteiger charge is -2.09. The predicted molar refractivity (Wildman–Crippen MR) is 170 cm³/mol. The Morgan fingerprint density at radius 2 is 1.57 bits per heavy atom. The Morgan fingerprint density at radius 1 is 0.932 bits per heavy atom. The third-order valence-corrected chi connectivity index (χ3v) is 7.86. The van der Waals surface area contributed by atoms with Crippen LogP contribution in [0.15, 0.2) is 90.1 Å². The summed E-state index contributed by atoms with van der Waals surface area (Å²) in [4.78, 5) is -1.54. The number of hydrazone groups is 1. The van der Waals surface area contributed by atoms with E-state index in [1.54, 1.807) is 52.8 Å². The number of hydrogen-bond donors (Lipinski definition) is 5. The topological polar surface area (TPSA) is 245 Å². The van der Waals surface area contributed by atoms with Crippen LogP contribution in [-0.4, -0.2) is 75.1 Å². The van der Waals surface area contributed by atoms with Crippen molar-refractivity contribution in [2.24, 2.45) is 15.3 Å². The Balaban J connectivity index is 3.08. The fourth-order valence-corrected chi connectivity index (χ4v) is 4.78. The van der Waals surface area contributed by atoms with Crippen LogP contribution < -0.4 is 5.43 Å². The van der Waals surface area contributed by atoms with Gasteiger partial charge in [-0.05, 0) is 94.2 Å². The summed E-state index contributed by atoms with van der Waals surface area (Å²) in [6.45, 7) is 8.58. The van der Waals surface area contributed by atoms with Crippen molar-refractivity contribution >= 4 is 59.9 Å². The van der Waals surface area contributed by atoms with E-state index in [9.17, 15) is 29.8 Å². The first kappa shape index (κ1) is 38.2. The molecule has 0 amide bonds. The molecule has 5 N–H and O–H groups in total. The fraction of sp³-hybridized carbons (Fsp3) is 0.308. The molecule has 0 atom stereocenters. The summed E-state index contributed by atoms with van der Waals surface area (Å²) < 4.78 is 101. The molecule has 0 unspecified atom stereocenters. The van der Waals surface area contributed by atoms with Gasteiger partial charge in [-0.1, -0.05) is 6.08 Å². The maximum absolute atomic E-state index is 11.7. The van der Waals surface area contributed by atoms with Crippen LogP contribution in [0.5, 0.6) is 0 Å². The number of nitrogens with one attached hydrogen (secondary N) is 2. The standard InChI is InChI=1S/C26H35N5O10S3/c1-6-20(5)24(31-29-16-18(3)13-22(27)25(7-2)41-11-8-12-42(32,33)34)14-19(4)17-28-30-23-10-9-21(43(35,36)37)15-26(23)44(38,39)40/h6-7,9-10,13-17,27,30H,8,11-12H2,1-5H3,(H,32,33,34)(H,35,36,37)(H,38,39,40)/b18-13?,19-14?,20-6-,25-7+,27-22?,28-17?,29-16?,31-24?. The van der Waals surface area contributed by atoms with Crippen molar-refractivity contribution in [2.75, 3.05) is 17.8 Å². The smallest absolute Gasteiger partial charge is 0.296 e. The first-order valence-electron chi connectivity index (χ1n) is 12.6. The predicted octanol–water partition coefficient (Wildman–Crippen LogP) is 4.08. The molecule has 44 heavy (non-hydrogen) atoms. The van der Waals surface area contributed by atoms with Crippen molar-refractivity contribution < 1.29 is 43.6 Å². The Labute approximate surface area is 257 Å². The zero-order chi connectivity index (χ0) is 33.7. The van der Waals surface area contributed by atoms with Crippen molar-refractivity contribution in [3.8, 4) is 0 Å². The van der Waals surface area contributed by atoms with Gasteiger partial charge >= 0.3 is 0 Å². The van der Waals surface area contributed by atoms with Gasteiger partial charge in [0.05, 0.1) is 46.8 Å². The van der Waals surface area contributed by atoms with Gasteiger partial charge in [-0.3, -0.25) is 24.5 Å². The minimum absolute atomic E-state index is 0.00830. The largest absolute Gasteiger partial charge is 0.492 e. The maximum Gasteiger partial charge on any atom is 0.296 e. The van der Waals surface area contributed by atoms with Crippen LogP contribution in [-0.2, 0) is 35.1 Å². The Kier molecular flexibility index (Phi) is 14.7. The van der Waals surface area contributed by atoms with Gasteiger partial charge in [0, 0.05) is 0 Å². The summed E-state index contributed by atoms with van der Waals surface area (Å²) in [6.07, 6.45) is 9.22. The number of anilines is 1. The quantitative estimate of drug-likeness (QED) is 0.0550. The van der Waals surface area contributed by atoms with Crippen LogP contribution in [0.2, 0.25) is 0 Å². The molecule has 0 radical (unpaired) electrons. The number of hydrogen-bond acceptors (Lipinski definition) is 12. The van der Waals surface area contributed by atoms with E-state index in [1.807, 2.05) is 0 Å². The zero-order valence-electron chi connectivity index (χ0n) is 24.6. The highest BCUT2D eigenvalue weighted by Crippen LogP contribution is 2.25.